The van der Waals surface area contributed by atoms with Crippen molar-refractivity contribution in [1.29, 1.82) is 0 Å². The van der Waals surface area contributed by atoms with Gasteiger partial charge in [0.2, 0.25) is 0 Å². The lowest BCUT2D eigenvalue weighted by Crippen LogP contribution is -2.38. The summed E-state index contributed by atoms with van der Waals surface area (Å²) < 4.78 is 6.52. The molecular formula is C22H22Cl2N4O5. The predicted octanol–water partition coefficient (Wildman–Crippen LogP) is 4.39. The summed E-state index contributed by atoms with van der Waals surface area (Å²) in [6.07, 6.45) is 0.518. The van der Waals surface area contributed by atoms with Crippen LogP contribution >= 0.6 is 23.2 Å². The highest BCUT2D eigenvalue weighted by molar-refractivity contribution is 6.34. The van der Waals surface area contributed by atoms with Crippen LogP contribution in [0.15, 0.2) is 41.2 Å². The van der Waals surface area contributed by atoms with E-state index in [2.05, 4.69) is 4.98 Å². The summed E-state index contributed by atoms with van der Waals surface area (Å²) in [6.45, 7) is 2.44. The highest BCUT2D eigenvalue weighted by Crippen LogP contribution is 2.28. The molecule has 9 nitrogen and oxygen atoms in total. The van der Waals surface area contributed by atoms with Crippen molar-refractivity contribution in [2.24, 2.45) is 7.05 Å². The second-order valence-corrected chi connectivity index (χ2v) is 8.28. The van der Waals surface area contributed by atoms with Gasteiger partial charge >= 0.3 is 0 Å². The van der Waals surface area contributed by atoms with Crippen molar-refractivity contribution in [3.8, 4) is 0 Å². The molecule has 1 amide bonds. The van der Waals surface area contributed by atoms with Gasteiger partial charge in [0.25, 0.3) is 17.2 Å². The number of rotatable bonds is 8. The molecule has 0 spiro atoms. The Bertz CT molecular complexity index is 1280. The topological polar surface area (TPSA) is 108 Å². The van der Waals surface area contributed by atoms with E-state index in [0.717, 1.165) is 6.07 Å². The number of aromatic nitrogens is 2. The third kappa shape index (κ3) is 5.16. The van der Waals surface area contributed by atoms with Gasteiger partial charge in [0.15, 0.2) is 0 Å². The lowest BCUT2D eigenvalue weighted by atomic mass is 10.1. The number of ether oxygens (including phenoxy) is 1. The van der Waals surface area contributed by atoms with Crippen molar-refractivity contribution < 1.29 is 14.5 Å². The van der Waals surface area contributed by atoms with Gasteiger partial charge in [0.05, 0.1) is 32.5 Å². The van der Waals surface area contributed by atoms with E-state index in [0.29, 0.717) is 34.8 Å². The first-order chi connectivity index (χ1) is 15.6. The van der Waals surface area contributed by atoms with E-state index in [1.807, 2.05) is 0 Å². The van der Waals surface area contributed by atoms with E-state index in [-0.39, 0.29) is 28.4 Å². The molecular weight excluding hydrogens is 471 g/mol. The van der Waals surface area contributed by atoms with Crippen LogP contribution in [0.5, 0.6) is 0 Å². The Labute approximate surface area is 199 Å². The number of nitro benzene ring substituents is 1. The van der Waals surface area contributed by atoms with Gasteiger partial charge in [0, 0.05) is 44.5 Å². The van der Waals surface area contributed by atoms with Gasteiger partial charge in [-0.2, -0.15) is 0 Å². The fourth-order valence-corrected chi connectivity index (χ4v) is 3.99. The first-order valence-electron chi connectivity index (χ1n) is 10.1. The molecule has 0 aliphatic heterocycles. The number of carbonyl (C=O) groups excluding carboxylic acids is 1. The highest BCUT2D eigenvalue weighted by Gasteiger charge is 2.28. The number of non-ortho nitro benzene ring substituents is 1. The van der Waals surface area contributed by atoms with Crippen LogP contribution in [0.4, 0.5) is 5.69 Å². The minimum absolute atomic E-state index is 0.0368. The number of carbonyl (C=O) groups is 1. The zero-order chi connectivity index (χ0) is 24.3. The van der Waals surface area contributed by atoms with Crippen LogP contribution in [0, 0.1) is 10.1 Å². The molecule has 0 N–H and O–H groups in total. The summed E-state index contributed by atoms with van der Waals surface area (Å²) in [7, 11) is 3.15. The van der Waals surface area contributed by atoms with Gasteiger partial charge in [-0.1, -0.05) is 23.2 Å². The van der Waals surface area contributed by atoms with Crippen molar-refractivity contribution in [2.45, 2.75) is 19.4 Å². The van der Waals surface area contributed by atoms with Crippen molar-refractivity contribution in [2.75, 3.05) is 20.3 Å². The molecule has 3 rings (SSSR count). The van der Waals surface area contributed by atoms with Crippen LogP contribution in [0.1, 0.15) is 35.6 Å². The molecule has 11 heteroatoms. The maximum absolute atomic E-state index is 13.5. The van der Waals surface area contributed by atoms with Crippen LogP contribution in [0.2, 0.25) is 10.0 Å². The number of hydrogen-bond acceptors (Lipinski definition) is 6. The Kier molecular flexibility index (Phi) is 7.68. The SMILES string of the molecule is COCCCN(C(=O)c1ccc([N+](=O)[O-])cc1Cl)C(C)c1nc2cc(Cl)ccc2c(=O)n1C. The Morgan fingerprint density at radius 2 is 2.00 bits per heavy atom. The predicted molar refractivity (Wildman–Crippen MR) is 126 cm³/mol. The number of hydrogen-bond donors (Lipinski definition) is 0. The summed E-state index contributed by atoms with van der Waals surface area (Å²) in [6, 6.07) is 7.89. The number of nitrogens with zero attached hydrogens (tertiary/aromatic N) is 4. The van der Waals surface area contributed by atoms with Crippen LogP contribution in [-0.4, -0.2) is 45.5 Å². The number of halogens is 2. The molecule has 0 fully saturated rings. The maximum atomic E-state index is 13.5. The largest absolute Gasteiger partial charge is 0.385 e. The Balaban J connectivity index is 2.07. The molecule has 1 heterocycles. The van der Waals surface area contributed by atoms with Gasteiger partial charge in [-0.05, 0) is 37.6 Å². The van der Waals surface area contributed by atoms with E-state index in [1.165, 1.54) is 21.6 Å². The summed E-state index contributed by atoms with van der Waals surface area (Å²) in [5.41, 5.74) is 0.0488. The van der Waals surface area contributed by atoms with E-state index in [1.54, 1.807) is 39.3 Å². The minimum atomic E-state index is -0.623. The van der Waals surface area contributed by atoms with Gasteiger partial charge < -0.3 is 9.64 Å². The smallest absolute Gasteiger partial charge is 0.270 e. The summed E-state index contributed by atoms with van der Waals surface area (Å²) >= 11 is 12.3. The molecule has 0 saturated carbocycles. The normalized spacial score (nSPS) is 12.0. The Morgan fingerprint density at radius 3 is 2.64 bits per heavy atom. The first-order valence-corrected chi connectivity index (χ1v) is 10.8. The van der Waals surface area contributed by atoms with Gasteiger partial charge in [-0.25, -0.2) is 4.98 Å². The number of methoxy groups -OCH3 is 1. The average Bonchev–Trinajstić information content (AvgIpc) is 2.78. The zero-order valence-electron chi connectivity index (χ0n) is 18.2. The second-order valence-electron chi connectivity index (χ2n) is 7.44. The van der Waals surface area contributed by atoms with E-state index in [4.69, 9.17) is 27.9 Å². The van der Waals surface area contributed by atoms with E-state index in [9.17, 15) is 19.7 Å². The molecule has 0 bridgehead atoms. The average molecular weight is 493 g/mol. The molecule has 0 aliphatic rings. The third-order valence-electron chi connectivity index (χ3n) is 5.32. The lowest BCUT2D eigenvalue weighted by molar-refractivity contribution is -0.384. The van der Waals surface area contributed by atoms with Crippen LogP contribution in [-0.2, 0) is 11.8 Å². The molecule has 33 heavy (non-hydrogen) atoms. The highest BCUT2D eigenvalue weighted by atomic mass is 35.5. The molecule has 2 aromatic carbocycles. The quantitative estimate of drug-likeness (QED) is 0.262. The van der Waals surface area contributed by atoms with Crippen molar-refractivity contribution >= 4 is 45.7 Å². The van der Waals surface area contributed by atoms with Gasteiger partial charge in [-0.3, -0.25) is 24.3 Å². The van der Waals surface area contributed by atoms with Crippen molar-refractivity contribution in [3.63, 3.8) is 0 Å². The zero-order valence-corrected chi connectivity index (χ0v) is 19.8. The molecule has 174 valence electrons. The molecule has 0 radical (unpaired) electrons. The fraction of sp³-hybridized carbons (Fsp3) is 0.318. The summed E-state index contributed by atoms with van der Waals surface area (Å²) in [5, 5.41) is 11.8. The number of amides is 1. The van der Waals surface area contributed by atoms with Crippen LogP contribution < -0.4 is 5.56 Å². The van der Waals surface area contributed by atoms with Crippen LogP contribution in [0.25, 0.3) is 10.9 Å². The Hall–Kier alpha value is -3.01. The van der Waals surface area contributed by atoms with E-state index < -0.39 is 16.9 Å². The monoisotopic (exact) mass is 492 g/mol. The number of fused-ring (bicyclic) bond motifs is 1. The standard InChI is InChI=1S/C22H22Cl2N4O5/c1-13(20-25-19-11-14(23)5-7-17(19)21(29)26(20)2)27(9-4-10-33-3)22(30)16-8-6-15(28(31)32)12-18(16)24/h5-8,11-13H,4,9-10H2,1-3H3. The summed E-state index contributed by atoms with van der Waals surface area (Å²) in [5.74, 6) is -0.0856. The number of nitro groups is 1. The second kappa shape index (κ2) is 10.3. The fourth-order valence-electron chi connectivity index (χ4n) is 3.57. The molecule has 1 atom stereocenters. The maximum Gasteiger partial charge on any atom is 0.270 e. The molecule has 0 saturated heterocycles. The van der Waals surface area contributed by atoms with Gasteiger partial charge in [-0.15, -0.1) is 0 Å². The van der Waals surface area contributed by atoms with E-state index >= 15 is 0 Å². The van der Waals surface area contributed by atoms with Crippen molar-refractivity contribution in [3.05, 3.63) is 78.3 Å². The first kappa shape index (κ1) is 24.6. The molecule has 1 aromatic heterocycles. The molecule has 1 unspecified atom stereocenters. The minimum Gasteiger partial charge on any atom is -0.385 e. The molecule has 0 aliphatic carbocycles. The van der Waals surface area contributed by atoms with Crippen LogP contribution in [0.3, 0.4) is 0 Å². The molecule has 3 aromatic rings. The third-order valence-corrected chi connectivity index (χ3v) is 5.86. The Morgan fingerprint density at radius 1 is 1.27 bits per heavy atom. The van der Waals surface area contributed by atoms with Crippen molar-refractivity contribution in [1.82, 2.24) is 14.5 Å². The number of benzene rings is 2. The summed E-state index contributed by atoms with van der Waals surface area (Å²) in [4.78, 5) is 42.9. The van der Waals surface area contributed by atoms with Gasteiger partial charge in [0.1, 0.15) is 5.82 Å². The lowest BCUT2D eigenvalue weighted by Gasteiger charge is -2.30.